The Balaban J connectivity index is 2.51. The highest BCUT2D eigenvalue weighted by atomic mass is 16.5. The van der Waals surface area contributed by atoms with Gasteiger partial charge in [-0.3, -0.25) is 4.79 Å². The van der Waals surface area contributed by atoms with Crippen molar-refractivity contribution in [2.24, 2.45) is 0 Å². The minimum absolute atomic E-state index is 0.170. The third kappa shape index (κ3) is 10.0. The molecule has 1 heterocycles. The molecule has 1 aliphatic heterocycles. The fraction of sp³-hybridized carbons (Fsp3) is 0.571. The second-order valence-electron chi connectivity index (χ2n) is 6.10. The predicted molar refractivity (Wildman–Crippen MR) is 101 cm³/mol. The molecule has 0 radical (unpaired) electrons. The van der Waals surface area contributed by atoms with E-state index in [9.17, 15) is 9.90 Å². The predicted octanol–water partition coefficient (Wildman–Crippen LogP) is 4.26. The number of aliphatic hydroxyl groups is 1. The summed E-state index contributed by atoms with van der Waals surface area (Å²) in [6, 6.07) is 0. The van der Waals surface area contributed by atoms with Gasteiger partial charge >= 0.3 is 5.97 Å². The number of carbonyl (C=O) groups is 1. The lowest BCUT2D eigenvalue weighted by Gasteiger charge is -2.18. The Hall–Kier alpha value is -1.65. The van der Waals surface area contributed by atoms with Crippen LogP contribution in [-0.2, 0) is 14.3 Å². The van der Waals surface area contributed by atoms with Crippen molar-refractivity contribution < 1.29 is 19.4 Å². The van der Waals surface area contributed by atoms with Crippen LogP contribution >= 0.6 is 0 Å². The molecule has 0 amide bonds. The molecule has 3 atom stereocenters. The second-order valence-corrected chi connectivity index (χ2v) is 6.10. The van der Waals surface area contributed by atoms with Crippen LogP contribution in [0.3, 0.4) is 0 Å². The van der Waals surface area contributed by atoms with Crippen molar-refractivity contribution in [1.29, 1.82) is 0 Å². The van der Waals surface area contributed by atoms with Gasteiger partial charge in [-0.1, -0.05) is 49.5 Å². The van der Waals surface area contributed by atoms with E-state index in [1.54, 1.807) is 13.2 Å². The van der Waals surface area contributed by atoms with Gasteiger partial charge in [0.2, 0.25) is 0 Å². The van der Waals surface area contributed by atoms with E-state index >= 15 is 0 Å². The fourth-order valence-electron chi connectivity index (χ4n) is 2.51. The van der Waals surface area contributed by atoms with Crippen molar-refractivity contribution in [3.63, 3.8) is 0 Å². The first-order valence-corrected chi connectivity index (χ1v) is 9.21. The third-order valence-electron chi connectivity index (χ3n) is 3.96. The van der Waals surface area contributed by atoms with Crippen LogP contribution in [0.1, 0.15) is 51.9 Å². The summed E-state index contributed by atoms with van der Waals surface area (Å²) >= 11 is 0. The van der Waals surface area contributed by atoms with Crippen LogP contribution in [0.25, 0.3) is 0 Å². The van der Waals surface area contributed by atoms with Gasteiger partial charge in [-0.15, -0.1) is 0 Å². The Bertz CT molecular complexity index is 476. The average molecular weight is 348 g/mol. The van der Waals surface area contributed by atoms with E-state index in [0.29, 0.717) is 19.3 Å². The quantitative estimate of drug-likeness (QED) is 0.499. The summed E-state index contributed by atoms with van der Waals surface area (Å²) in [6.07, 6.45) is 19.9. The molecular formula is C21H32O4. The Morgan fingerprint density at radius 1 is 1.32 bits per heavy atom. The van der Waals surface area contributed by atoms with Crippen LogP contribution in [0.2, 0.25) is 0 Å². The molecule has 140 valence electrons. The molecule has 0 aromatic rings. The zero-order chi connectivity index (χ0) is 18.3. The number of carbonyl (C=O) groups excluding carboxylic acids is 1. The Morgan fingerprint density at radius 3 is 2.88 bits per heavy atom. The Morgan fingerprint density at radius 2 is 2.12 bits per heavy atom. The maximum absolute atomic E-state index is 11.7. The first kappa shape index (κ1) is 21.4. The van der Waals surface area contributed by atoms with Gasteiger partial charge in [0.05, 0.1) is 6.10 Å². The number of methoxy groups -OCH3 is 1. The van der Waals surface area contributed by atoms with Crippen LogP contribution in [0, 0.1) is 0 Å². The number of cyclic esters (lactones) is 1. The molecule has 0 saturated carbocycles. The second kappa shape index (κ2) is 13.6. The average Bonchev–Trinajstić information content (AvgIpc) is 2.70. The molecular weight excluding hydrogens is 316 g/mol. The SMILES string of the molecule is CCC=CCC=CC[C@H](O)C(/C=C/[C@@H]1CC=CCCCC(=O)O1)OC. The highest BCUT2D eigenvalue weighted by Crippen LogP contribution is 2.13. The number of allylic oxidation sites excluding steroid dienone is 4. The smallest absolute Gasteiger partial charge is 0.306 e. The molecule has 4 heteroatoms. The molecule has 25 heavy (non-hydrogen) atoms. The van der Waals surface area contributed by atoms with Gasteiger partial charge in [0, 0.05) is 20.0 Å². The van der Waals surface area contributed by atoms with E-state index < -0.39 is 12.2 Å². The van der Waals surface area contributed by atoms with Crippen LogP contribution < -0.4 is 0 Å². The van der Waals surface area contributed by atoms with Crippen molar-refractivity contribution >= 4 is 5.97 Å². The molecule has 0 bridgehead atoms. The van der Waals surface area contributed by atoms with E-state index in [-0.39, 0.29) is 12.1 Å². The number of ether oxygens (including phenoxy) is 2. The van der Waals surface area contributed by atoms with Crippen LogP contribution in [0.4, 0.5) is 0 Å². The van der Waals surface area contributed by atoms with Gasteiger partial charge in [0.25, 0.3) is 0 Å². The molecule has 0 saturated heterocycles. The Kier molecular flexibility index (Phi) is 11.7. The molecule has 0 aliphatic carbocycles. The van der Waals surface area contributed by atoms with E-state index in [4.69, 9.17) is 9.47 Å². The van der Waals surface area contributed by atoms with Gasteiger partial charge in [0.15, 0.2) is 0 Å². The summed E-state index contributed by atoms with van der Waals surface area (Å²) in [5.74, 6) is -0.170. The summed E-state index contributed by atoms with van der Waals surface area (Å²) in [6.45, 7) is 2.10. The highest BCUT2D eigenvalue weighted by Gasteiger charge is 2.16. The molecule has 4 nitrogen and oxygen atoms in total. The zero-order valence-electron chi connectivity index (χ0n) is 15.5. The molecule has 0 spiro atoms. The van der Waals surface area contributed by atoms with E-state index in [0.717, 1.165) is 25.7 Å². The lowest BCUT2D eigenvalue weighted by molar-refractivity contribution is -0.146. The summed E-state index contributed by atoms with van der Waals surface area (Å²) < 4.78 is 10.8. The maximum atomic E-state index is 11.7. The highest BCUT2D eigenvalue weighted by molar-refractivity contribution is 5.69. The summed E-state index contributed by atoms with van der Waals surface area (Å²) in [7, 11) is 1.57. The van der Waals surface area contributed by atoms with Gasteiger partial charge in [-0.25, -0.2) is 0 Å². The molecule has 1 rings (SSSR count). The van der Waals surface area contributed by atoms with Gasteiger partial charge in [-0.05, 0) is 38.2 Å². The van der Waals surface area contributed by atoms with Gasteiger partial charge in [-0.2, -0.15) is 0 Å². The standard InChI is InChI=1S/C21H32O4/c1-3-4-5-6-7-11-14-19(22)20(24-2)17-16-18-13-10-8-9-12-15-21(23)25-18/h4-5,7-8,10-11,16-20,22H,3,6,9,12-15H2,1-2H3/b5-4?,10-8?,11-7?,17-16+/t18-,19-,20?/m0/s1. The number of hydrogen-bond acceptors (Lipinski definition) is 4. The molecule has 0 fully saturated rings. The minimum Gasteiger partial charge on any atom is -0.458 e. The van der Waals surface area contributed by atoms with Crippen LogP contribution in [0.15, 0.2) is 48.6 Å². The van der Waals surface area contributed by atoms with Gasteiger partial charge in [0.1, 0.15) is 12.2 Å². The Labute approximate surface area is 151 Å². The molecule has 0 aromatic carbocycles. The lowest BCUT2D eigenvalue weighted by Crippen LogP contribution is -2.26. The van der Waals surface area contributed by atoms with Crippen LogP contribution in [0.5, 0.6) is 0 Å². The normalized spacial score (nSPS) is 22.0. The first-order valence-electron chi connectivity index (χ1n) is 9.21. The maximum Gasteiger partial charge on any atom is 0.306 e. The summed E-state index contributed by atoms with van der Waals surface area (Å²) in [4.78, 5) is 11.7. The largest absolute Gasteiger partial charge is 0.458 e. The number of aliphatic hydroxyl groups excluding tert-OH is 1. The molecule has 1 N–H and O–H groups in total. The van der Waals surface area contributed by atoms with Crippen molar-refractivity contribution in [3.8, 4) is 0 Å². The lowest BCUT2D eigenvalue weighted by atomic mass is 10.1. The number of hydrogen-bond donors (Lipinski definition) is 1. The monoisotopic (exact) mass is 348 g/mol. The van der Waals surface area contributed by atoms with E-state index in [1.165, 1.54) is 0 Å². The minimum atomic E-state index is -0.629. The molecule has 1 aliphatic rings. The molecule has 1 unspecified atom stereocenters. The van der Waals surface area contributed by atoms with Crippen molar-refractivity contribution in [1.82, 2.24) is 0 Å². The third-order valence-corrected chi connectivity index (χ3v) is 3.96. The van der Waals surface area contributed by atoms with Crippen LogP contribution in [-0.4, -0.2) is 36.5 Å². The summed E-state index contributed by atoms with van der Waals surface area (Å²) in [5.41, 5.74) is 0. The van der Waals surface area contributed by atoms with E-state index in [2.05, 4.69) is 25.2 Å². The zero-order valence-corrected chi connectivity index (χ0v) is 15.5. The van der Waals surface area contributed by atoms with Crippen molar-refractivity contribution in [2.45, 2.75) is 70.2 Å². The fourth-order valence-corrected chi connectivity index (χ4v) is 2.51. The molecule has 0 aromatic heterocycles. The topological polar surface area (TPSA) is 55.8 Å². The van der Waals surface area contributed by atoms with Crippen molar-refractivity contribution in [3.05, 3.63) is 48.6 Å². The summed E-state index contributed by atoms with van der Waals surface area (Å²) in [5, 5.41) is 10.3. The van der Waals surface area contributed by atoms with Crippen molar-refractivity contribution in [2.75, 3.05) is 7.11 Å². The number of esters is 1. The van der Waals surface area contributed by atoms with E-state index in [1.807, 2.05) is 24.3 Å². The number of rotatable bonds is 9. The van der Waals surface area contributed by atoms with Gasteiger partial charge < -0.3 is 14.6 Å². The first-order chi connectivity index (χ1) is 12.2.